The minimum absolute atomic E-state index is 0.186. The summed E-state index contributed by atoms with van der Waals surface area (Å²) in [5, 5.41) is 3.23. The minimum Gasteiger partial charge on any atom is -0.467 e. The average Bonchev–Trinajstić information content (AvgIpc) is 3.42. The van der Waals surface area contributed by atoms with Gasteiger partial charge in [-0.1, -0.05) is 42.5 Å². The standard InChI is InChI=1S/C24H24F3N3O4S/c1-16-12-22(30(28-16)14-17-8-4-3-5-9-17)29-15-18(13-20(29)23(31)34-2)35(32,33)21-11-7-6-10-19(21)24(25,26)27/h3-12,18,20H,13-15H2,1-2H3/t18-,20+/m1/s1. The van der Waals surface area contributed by atoms with Gasteiger partial charge in [-0.05, 0) is 31.0 Å². The van der Waals surface area contributed by atoms with Crippen molar-refractivity contribution in [2.45, 2.75) is 42.3 Å². The first-order valence-electron chi connectivity index (χ1n) is 10.9. The molecule has 0 spiro atoms. The van der Waals surface area contributed by atoms with E-state index in [1.165, 1.54) is 13.2 Å². The summed E-state index contributed by atoms with van der Waals surface area (Å²) in [6, 6.07) is 14.3. The molecule has 0 aliphatic carbocycles. The SMILES string of the molecule is COC(=O)[C@@H]1C[C@@H](S(=O)(=O)c2ccccc2C(F)(F)F)CN1c1cc(C)nn1Cc1ccccc1. The predicted molar refractivity (Wildman–Crippen MR) is 123 cm³/mol. The zero-order valence-electron chi connectivity index (χ0n) is 19.1. The molecule has 35 heavy (non-hydrogen) atoms. The molecule has 1 aromatic heterocycles. The van der Waals surface area contributed by atoms with Crippen LogP contribution in [-0.2, 0) is 32.1 Å². The molecule has 1 aliphatic rings. The van der Waals surface area contributed by atoms with Gasteiger partial charge < -0.3 is 9.64 Å². The quantitative estimate of drug-likeness (QED) is 0.472. The van der Waals surface area contributed by atoms with Crippen LogP contribution < -0.4 is 4.90 Å². The smallest absolute Gasteiger partial charge is 0.417 e. The number of rotatable bonds is 6. The largest absolute Gasteiger partial charge is 0.467 e. The highest BCUT2D eigenvalue weighted by Crippen LogP contribution is 2.38. The molecule has 0 bridgehead atoms. The van der Waals surface area contributed by atoms with Crippen LogP contribution >= 0.6 is 0 Å². The van der Waals surface area contributed by atoms with Crippen LogP contribution in [0.5, 0.6) is 0 Å². The van der Waals surface area contributed by atoms with Crippen LogP contribution in [-0.4, -0.2) is 49.1 Å². The molecule has 0 saturated carbocycles. The molecule has 0 N–H and O–H groups in total. The van der Waals surface area contributed by atoms with Crippen LogP contribution in [0.15, 0.2) is 65.6 Å². The first-order valence-corrected chi connectivity index (χ1v) is 12.4. The lowest BCUT2D eigenvalue weighted by molar-refractivity contribution is -0.142. The number of nitrogens with zero attached hydrogens (tertiary/aromatic N) is 3. The van der Waals surface area contributed by atoms with Crippen molar-refractivity contribution < 1.29 is 31.1 Å². The van der Waals surface area contributed by atoms with Crippen LogP contribution in [0.3, 0.4) is 0 Å². The summed E-state index contributed by atoms with van der Waals surface area (Å²) in [4.78, 5) is 13.4. The molecule has 0 amide bonds. The summed E-state index contributed by atoms with van der Waals surface area (Å²) in [5.41, 5.74) is 0.361. The van der Waals surface area contributed by atoms with Crippen LogP contribution in [0.1, 0.15) is 23.2 Å². The number of benzene rings is 2. The molecule has 2 atom stereocenters. The number of carbonyl (C=O) groups excluding carboxylic acids is 1. The third-order valence-corrected chi connectivity index (χ3v) is 8.21. The van der Waals surface area contributed by atoms with Crippen molar-refractivity contribution in [3.63, 3.8) is 0 Å². The number of esters is 1. The fourth-order valence-corrected chi connectivity index (χ4v) is 6.31. The molecule has 1 saturated heterocycles. The van der Waals surface area contributed by atoms with Gasteiger partial charge in [-0.2, -0.15) is 18.3 Å². The molecule has 186 valence electrons. The maximum atomic E-state index is 13.6. The Kier molecular flexibility index (Phi) is 6.63. The molecule has 0 unspecified atom stereocenters. The van der Waals surface area contributed by atoms with Gasteiger partial charge >= 0.3 is 12.1 Å². The number of aryl methyl sites for hydroxylation is 1. The summed E-state index contributed by atoms with van der Waals surface area (Å²) >= 11 is 0. The molecule has 1 fully saturated rings. The highest BCUT2D eigenvalue weighted by molar-refractivity contribution is 7.92. The second-order valence-electron chi connectivity index (χ2n) is 8.38. The average molecular weight is 508 g/mol. The number of carbonyl (C=O) groups is 1. The van der Waals surface area contributed by atoms with E-state index in [1.54, 1.807) is 22.6 Å². The van der Waals surface area contributed by atoms with E-state index in [0.29, 0.717) is 18.1 Å². The number of ether oxygens (including phenoxy) is 1. The number of sulfone groups is 1. The van der Waals surface area contributed by atoms with Gasteiger partial charge in [-0.15, -0.1) is 0 Å². The maximum absolute atomic E-state index is 13.6. The number of methoxy groups -OCH3 is 1. The van der Waals surface area contributed by atoms with Gasteiger partial charge in [0.15, 0.2) is 9.84 Å². The number of hydrogen-bond acceptors (Lipinski definition) is 6. The van der Waals surface area contributed by atoms with Crippen LogP contribution in [0.25, 0.3) is 0 Å². The first kappa shape index (κ1) is 24.8. The lowest BCUT2D eigenvalue weighted by Crippen LogP contribution is -2.38. The number of anilines is 1. The highest BCUT2D eigenvalue weighted by atomic mass is 32.2. The number of alkyl halides is 3. The van der Waals surface area contributed by atoms with Crippen molar-refractivity contribution in [3.05, 3.63) is 77.5 Å². The van der Waals surface area contributed by atoms with E-state index < -0.39 is 43.7 Å². The van der Waals surface area contributed by atoms with Gasteiger partial charge in [0.2, 0.25) is 0 Å². The Morgan fingerprint density at radius 3 is 2.43 bits per heavy atom. The lowest BCUT2D eigenvalue weighted by Gasteiger charge is -2.25. The minimum atomic E-state index is -4.84. The highest BCUT2D eigenvalue weighted by Gasteiger charge is 2.47. The zero-order chi connectivity index (χ0) is 25.4. The third kappa shape index (κ3) is 4.90. The van der Waals surface area contributed by atoms with Crippen molar-refractivity contribution in [3.8, 4) is 0 Å². The molecule has 1 aliphatic heterocycles. The van der Waals surface area contributed by atoms with Gasteiger partial charge in [0.1, 0.15) is 11.9 Å². The first-order chi connectivity index (χ1) is 16.5. The lowest BCUT2D eigenvalue weighted by atomic mass is 10.2. The topological polar surface area (TPSA) is 81.5 Å². The van der Waals surface area contributed by atoms with Gasteiger partial charge in [0, 0.05) is 12.6 Å². The molecular formula is C24H24F3N3O4S. The van der Waals surface area contributed by atoms with Crippen molar-refractivity contribution in [2.24, 2.45) is 0 Å². The third-order valence-electron chi connectivity index (χ3n) is 6.02. The Morgan fingerprint density at radius 1 is 1.11 bits per heavy atom. The van der Waals surface area contributed by atoms with E-state index in [-0.39, 0.29) is 13.0 Å². The Morgan fingerprint density at radius 2 is 1.77 bits per heavy atom. The predicted octanol–water partition coefficient (Wildman–Crippen LogP) is 3.85. The van der Waals surface area contributed by atoms with E-state index in [4.69, 9.17) is 4.74 Å². The van der Waals surface area contributed by atoms with E-state index in [9.17, 15) is 26.4 Å². The van der Waals surface area contributed by atoms with Gasteiger partial charge in [-0.25, -0.2) is 17.9 Å². The van der Waals surface area contributed by atoms with E-state index in [1.807, 2.05) is 30.3 Å². The zero-order valence-corrected chi connectivity index (χ0v) is 19.9. The normalized spacial score (nSPS) is 18.6. The number of hydrogen-bond donors (Lipinski definition) is 0. The summed E-state index contributed by atoms with van der Waals surface area (Å²) in [5.74, 6) is -0.180. The van der Waals surface area contributed by atoms with Crippen molar-refractivity contribution in [2.75, 3.05) is 18.6 Å². The monoisotopic (exact) mass is 507 g/mol. The van der Waals surface area contributed by atoms with Crippen LogP contribution in [0, 0.1) is 6.92 Å². The molecule has 0 radical (unpaired) electrons. The maximum Gasteiger partial charge on any atom is 0.417 e. The molecular weight excluding hydrogens is 483 g/mol. The molecule has 7 nitrogen and oxygen atoms in total. The molecule has 4 rings (SSSR count). The van der Waals surface area contributed by atoms with Crippen molar-refractivity contribution in [1.29, 1.82) is 0 Å². The summed E-state index contributed by atoms with van der Waals surface area (Å²) in [6.07, 6.45) is -5.05. The van der Waals surface area contributed by atoms with Gasteiger partial charge in [0.25, 0.3) is 0 Å². The van der Waals surface area contributed by atoms with E-state index in [2.05, 4.69) is 5.10 Å². The Balaban J connectivity index is 1.73. The molecule has 2 aromatic carbocycles. The Hall–Kier alpha value is -3.34. The van der Waals surface area contributed by atoms with Crippen molar-refractivity contribution in [1.82, 2.24) is 9.78 Å². The molecule has 2 heterocycles. The summed E-state index contributed by atoms with van der Waals surface area (Å²) in [7, 11) is -3.24. The summed E-state index contributed by atoms with van der Waals surface area (Å²) in [6.45, 7) is 1.94. The fourth-order valence-electron chi connectivity index (χ4n) is 4.40. The van der Waals surface area contributed by atoms with E-state index in [0.717, 1.165) is 23.8 Å². The molecule has 3 aromatic rings. The number of halogens is 3. The van der Waals surface area contributed by atoms with Crippen LogP contribution in [0.2, 0.25) is 0 Å². The summed E-state index contributed by atoms with van der Waals surface area (Å²) < 4.78 is 74.1. The fraction of sp³-hybridized carbons (Fsp3) is 0.333. The Bertz CT molecular complexity index is 1320. The van der Waals surface area contributed by atoms with E-state index >= 15 is 0 Å². The van der Waals surface area contributed by atoms with Crippen LogP contribution in [0.4, 0.5) is 19.0 Å². The van der Waals surface area contributed by atoms with Gasteiger partial charge in [0.05, 0.1) is 35.1 Å². The van der Waals surface area contributed by atoms with Crippen molar-refractivity contribution >= 4 is 21.6 Å². The van der Waals surface area contributed by atoms with Gasteiger partial charge in [-0.3, -0.25) is 0 Å². The second kappa shape index (κ2) is 9.37. The number of aromatic nitrogens is 2. The second-order valence-corrected chi connectivity index (χ2v) is 10.6. The molecule has 11 heteroatoms. The Labute approximate surface area is 201 Å².